The van der Waals surface area contributed by atoms with E-state index in [1.807, 2.05) is 26.8 Å². The Hall–Kier alpha value is -1.69. The second-order valence-corrected chi connectivity index (χ2v) is 9.66. The van der Waals surface area contributed by atoms with Gasteiger partial charge in [-0.15, -0.1) is 11.8 Å². The molecule has 4 nitrogen and oxygen atoms in total. The second kappa shape index (κ2) is 12.4. The SMILES string of the molecule is CC[C@H](C)NC(=O)[C@H](C)N(Cc1ccc(Cl)c(Cl)c1)C(=O)CCSc1ccc(C)cc1. The molecule has 2 aromatic carbocycles. The van der Waals surface area contributed by atoms with E-state index in [9.17, 15) is 9.59 Å². The lowest BCUT2D eigenvalue weighted by molar-refractivity contribution is -0.140. The monoisotopic (exact) mass is 480 g/mol. The van der Waals surface area contributed by atoms with Crippen LogP contribution in [0.1, 0.15) is 44.7 Å². The first-order valence-corrected chi connectivity index (χ1v) is 12.2. The average molecular weight is 481 g/mol. The predicted octanol–water partition coefficient (Wildman–Crippen LogP) is 6.12. The first-order chi connectivity index (χ1) is 14.7. The Balaban J connectivity index is 2.10. The van der Waals surface area contributed by atoms with Crippen molar-refractivity contribution in [2.24, 2.45) is 0 Å². The van der Waals surface area contributed by atoms with Gasteiger partial charge in [0.2, 0.25) is 11.8 Å². The Kier molecular flexibility index (Phi) is 10.2. The third-order valence-electron chi connectivity index (χ3n) is 5.11. The van der Waals surface area contributed by atoms with Crippen LogP contribution in [0.5, 0.6) is 0 Å². The van der Waals surface area contributed by atoms with Gasteiger partial charge in [0.05, 0.1) is 10.0 Å². The van der Waals surface area contributed by atoms with Crippen LogP contribution in [0.25, 0.3) is 0 Å². The minimum atomic E-state index is -0.597. The van der Waals surface area contributed by atoms with Crippen molar-refractivity contribution in [2.45, 2.75) is 64.1 Å². The summed E-state index contributed by atoms with van der Waals surface area (Å²) in [5.74, 6) is 0.408. The molecule has 0 saturated heterocycles. The third-order valence-corrected chi connectivity index (χ3v) is 6.86. The molecule has 0 heterocycles. The molecule has 168 valence electrons. The molecule has 0 aliphatic carbocycles. The fourth-order valence-electron chi connectivity index (χ4n) is 2.92. The molecule has 0 aliphatic rings. The van der Waals surface area contributed by atoms with Crippen molar-refractivity contribution >= 4 is 46.8 Å². The van der Waals surface area contributed by atoms with E-state index in [4.69, 9.17) is 23.2 Å². The number of thioether (sulfide) groups is 1. The van der Waals surface area contributed by atoms with E-state index in [0.717, 1.165) is 16.9 Å². The quantitative estimate of drug-likeness (QED) is 0.416. The Labute approximate surface area is 199 Å². The number of aryl methyl sites for hydroxylation is 1. The number of hydrogen-bond acceptors (Lipinski definition) is 3. The van der Waals surface area contributed by atoms with Crippen molar-refractivity contribution in [2.75, 3.05) is 5.75 Å². The number of nitrogens with zero attached hydrogens (tertiary/aromatic N) is 1. The summed E-state index contributed by atoms with van der Waals surface area (Å²) in [5, 5.41) is 3.86. The summed E-state index contributed by atoms with van der Waals surface area (Å²) in [5.41, 5.74) is 2.03. The third kappa shape index (κ3) is 8.06. The minimum absolute atomic E-state index is 0.0500. The molecule has 0 bridgehead atoms. The molecule has 0 aliphatic heterocycles. The Morgan fingerprint density at radius 1 is 1.06 bits per heavy atom. The number of benzene rings is 2. The van der Waals surface area contributed by atoms with Gasteiger partial charge in [-0.1, -0.05) is 53.9 Å². The van der Waals surface area contributed by atoms with Crippen LogP contribution in [0.3, 0.4) is 0 Å². The molecule has 0 saturated carbocycles. The van der Waals surface area contributed by atoms with Crippen molar-refractivity contribution in [3.63, 3.8) is 0 Å². The number of carbonyl (C=O) groups is 2. The van der Waals surface area contributed by atoms with E-state index in [1.165, 1.54) is 5.56 Å². The Bertz CT molecular complexity index is 890. The Morgan fingerprint density at radius 2 is 1.74 bits per heavy atom. The summed E-state index contributed by atoms with van der Waals surface area (Å²) in [6, 6.07) is 13.0. The minimum Gasteiger partial charge on any atom is -0.352 e. The first-order valence-electron chi connectivity index (χ1n) is 10.4. The van der Waals surface area contributed by atoms with E-state index < -0.39 is 6.04 Å². The van der Waals surface area contributed by atoms with E-state index >= 15 is 0 Å². The summed E-state index contributed by atoms with van der Waals surface area (Å²) in [6.45, 7) is 8.06. The fraction of sp³-hybridized carbons (Fsp3) is 0.417. The molecule has 1 N–H and O–H groups in total. The number of amides is 2. The van der Waals surface area contributed by atoms with Gasteiger partial charge in [-0.3, -0.25) is 9.59 Å². The van der Waals surface area contributed by atoms with Gasteiger partial charge in [0.25, 0.3) is 0 Å². The van der Waals surface area contributed by atoms with Crippen molar-refractivity contribution in [1.29, 1.82) is 0 Å². The largest absolute Gasteiger partial charge is 0.352 e. The highest BCUT2D eigenvalue weighted by Crippen LogP contribution is 2.24. The molecule has 0 radical (unpaired) electrons. The molecule has 7 heteroatoms. The van der Waals surface area contributed by atoms with E-state index in [1.54, 1.807) is 35.7 Å². The molecule has 31 heavy (non-hydrogen) atoms. The number of halogens is 2. The van der Waals surface area contributed by atoms with Crippen LogP contribution < -0.4 is 5.32 Å². The highest BCUT2D eigenvalue weighted by atomic mass is 35.5. The summed E-state index contributed by atoms with van der Waals surface area (Å²) in [6.07, 6.45) is 1.16. The summed E-state index contributed by atoms with van der Waals surface area (Å²) in [4.78, 5) is 28.6. The van der Waals surface area contributed by atoms with Crippen molar-refractivity contribution in [3.8, 4) is 0 Å². The van der Waals surface area contributed by atoms with E-state index in [0.29, 0.717) is 28.8 Å². The standard InChI is InChI=1S/C24H30Cl2N2O2S/c1-5-17(3)27-24(30)18(4)28(15-19-8-11-21(25)22(26)14-19)23(29)12-13-31-20-9-6-16(2)7-10-20/h6-11,14,17-18H,5,12-13,15H2,1-4H3,(H,27,30)/t17-,18-/m0/s1. The normalized spacial score (nSPS) is 12.8. The molecule has 0 unspecified atom stereocenters. The fourth-order valence-corrected chi connectivity index (χ4v) is 4.08. The lowest BCUT2D eigenvalue weighted by atomic mass is 10.1. The maximum absolute atomic E-state index is 13.1. The van der Waals surface area contributed by atoms with Gasteiger partial charge < -0.3 is 10.2 Å². The summed E-state index contributed by atoms with van der Waals surface area (Å²) >= 11 is 13.8. The maximum Gasteiger partial charge on any atom is 0.242 e. The van der Waals surface area contributed by atoms with Gasteiger partial charge >= 0.3 is 0 Å². The summed E-state index contributed by atoms with van der Waals surface area (Å²) < 4.78 is 0. The van der Waals surface area contributed by atoms with Crippen LogP contribution in [0.2, 0.25) is 10.0 Å². The molecular formula is C24H30Cl2N2O2S. The lowest BCUT2D eigenvalue weighted by Crippen LogP contribution is -2.49. The zero-order valence-corrected chi connectivity index (χ0v) is 20.8. The van der Waals surface area contributed by atoms with Gasteiger partial charge in [-0.25, -0.2) is 0 Å². The number of nitrogens with one attached hydrogen (secondary N) is 1. The van der Waals surface area contributed by atoms with Gasteiger partial charge in [0.1, 0.15) is 6.04 Å². The molecule has 0 fully saturated rings. The molecular weight excluding hydrogens is 451 g/mol. The topological polar surface area (TPSA) is 49.4 Å². The maximum atomic E-state index is 13.1. The zero-order valence-electron chi connectivity index (χ0n) is 18.5. The van der Waals surface area contributed by atoms with Crippen molar-refractivity contribution in [1.82, 2.24) is 10.2 Å². The van der Waals surface area contributed by atoms with Crippen LogP contribution in [-0.2, 0) is 16.1 Å². The number of hydrogen-bond donors (Lipinski definition) is 1. The smallest absolute Gasteiger partial charge is 0.242 e. The van der Waals surface area contributed by atoms with E-state index in [-0.39, 0.29) is 17.9 Å². The number of rotatable bonds is 10. The summed E-state index contributed by atoms with van der Waals surface area (Å²) in [7, 11) is 0. The van der Waals surface area contributed by atoms with E-state index in [2.05, 4.69) is 29.6 Å². The number of carbonyl (C=O) groups excluding carboxylic acids is 2. The zero-order chi connectivity index (χ0) is 23.0. The highest BCUT2D eigenvalue weighted by molar-refractivity contribution is 7.99. The van der Waals surface area contributed by atoms with Crippen molar-refractivity contribution < 1.29 is 9.59 Å². The molecule has 2 rings (SSSR count). The predicted molar refractivity (Wildman–Crippen MR) is 131 cm³/mol. The van der Waals surface area contributed by atoms with Crippen LogP contribution >= 0.6 is 35.0 Å². The van der Waals surface area contributed by atoms with Crippen LogP contribution in [0.15, 0.2) is 47.4 Å². The second-order valence-electron chi connectivity index (χ2n) is 7.68. The van der Waals surface area contributed by atoms with Crippen molar-refractivity contribution in [3.05, 3.63) is 63.6 Å². The highest BCUT2D eigenvalue weighted by Gasteiger charge is 2.26. The molecule has 2 aromatic rings. The van der Waals surface area contributed by atoms with Crippen LogP contribution in [0.4, 0.5) is 0 Å². The molecule has 2 atom stereocenters. The van der Waals surface area contributed by atoms with Gasteiger partial charge in [0, 0.05) is 29.7 Å². The molecule has 0 spiro atoms. The van der Waals surface area contributed by atoms with Gasteiger partial charge in [-0.2, -0.15) is 0 Å². The lowest BCUT2D eigenvalue weighted by Gasteiger charge is -2.30. The Morgan fingerprint density at radius 3 is 2.35 bits per heavy atom. The molecule has 0 aromatic heterocycles. The first kappa shape index (κ1) is 25.6. The average Bonchev–Trinajstić information content (AvgIpc) is 2.75. The van der Waals surface area contributed by atoms with Crippen LogP contribution in [0, 0.1) is 6.92 Å². The van der Waals surface area contributed by atoms with Crippen LogP contribution in [-0.4, -0.2) is 34.6 Å². The van der Waals surface area contributed by atoms with Gasteiger partial charge in [0.15, 0.2) is 0 Å². The molecule has 2 amide bonds. The van der Waals surface area contributed by atoms with Gasteiger partial charge in [-0.05, 0) is 57.0 Å².